The van der Waals surface area contributed by atoms with Crippen molar-refractivity contribution < 1.29 is 13.5 Å². The molecule has 1 atom stereocenters. The molecule has 2 aromatic carbocycles. The molecular formula is C20H16F2N2OS. The predicted octanol–water partition coefficient (Wildman–Crippen LogP) is 5.11. The first-order valence-electron chi connectivity index (χ1n) is 7.89. The minimum atomic E-state index is -2.86. The molecule has 0 radical (unpaired) electrons. The Morgan fingerprint density at radius 2 is 1.81 bits per heavy atom. The Bertz CT molecular complexity index is 871. The standard InChI is InChI=1S/C20H16F2N2OS/c1-26-19-17(12-23)16(11-18(24-19)14-5-3-2-4-6-14)13-7-9-15(10-8-13)25-20(21)22/h2-11,16,20,24H,1H3. The molecule has 0 spiro atoms. The number of ether oxygens (including phenoxy) is 1. The summed E-state index contributed by atoms with van der Waals surface area (Å²) in [4.78, 5) is 0. The van der Waals surface area contributed by atoms with E-state index in [0.717, 1.165) is 21.9 Å². The molecule has 0 bridgehead atoms. The lowest BCUT2D eigenvalue weighted by molar-refractivity contribution is -0.0498. The van der Waals surface area contributed by atoms with Gasteiger partial charge in [-0.05, 0) is 35.6 Å². The van der Waals surface area contributed by atoms with Crippen molar-refractivity contribution >= 4 is 17.5 Å². The van der Waals surface area contributed by atoms with Crippen molar-refractivity contribution in [3.63, 3.8) is 0 Å². The van der Waals surface area contributed by atoms with Crippen LogP contribution in [0.15, 0.2) is 71.3 Å². The molecule has 0 aliphatic carbocycles. The van der Waals surface area contributed by atoms with Crippen molar-refractivity contribution in [3.05, 3.63) is 82.4 Å². The van der Waals surface area contributed by atoms with E-state index in [1.54, 1.807) is 12.1 Å². The molecule has 0 fully saturated rings. The van der Waals surface area contributed by atoms with Crippen molar-refractivity contribution in [1.82, 2.24) is 5.32 Å². The van der Waals surface area contributed by atoms with Gasteiger partial charge in [0.2, 0.25) is 0 Å². The summed E-state index contributed by atoms with van der Waals surface area (Å²) in [6.45, 7) is -2.86. The first-order valence-corrected chi connectivity index (χ1v) is 9.12. The van der Waals surface area contributed by atoms with Crippen molar-refractivity contribution in [3.8, 4) is 11.8 Å². The monoisotopic (exact) mass is 370 g/mol. The van der Waals surface area contributed by atoms with Gasteiger partial charge < -0.3 is 10.1 Å². The highest BCUT2D eigenvalue weighted by molar-refractivity contribution is 8.02. The van der Waals surface area contributed by atoms with E-state index < -0.39 is 6.61 Å². The summed E-state index contributed by atoms with van der Waals surface area (Å²) in [5, 5.41) is 13.7. The number of halogens is 2. The maximum Gasteiger partial charge on any atom is 0.387 e. The molecule has 1 heterocycles. The van der Waals surface area contributed by atoms with E-state index >= 15 is 0 Å². The quantitative estimate of drug-likeness (QED) is 0.794. The Morgan fingerprint density at radius 3 is 2.38 bits per heavy atom. The zero-order valence-electron chi connectivity index (χ0n) is 13.9. The van der Waals surface area contributed by atoms with Crippen LogP contribution in [0.3, 0.4) is 0 Å². The normalized spacial score (nSPS) is 16.7. The molecule has 3 rings (SSSR count). The summed E-state index contributed by atoms with van der Waals surface area (Å²) >= 11 is 1.47. The van der Waals surface area contributed by atoms with Crippen molar-refractivity contribution in [2.75, 3.05) is 6.26 Å². The highest BCUT2D eigenvalue weighted by Gasteiger charge is 2.25. The molecule has 6 heteroatoms. The zero-order valence-corrected chi connectivity index (χ0v) is 14.8. The van der Waals surface area contributed by atoms with Gasteiger partial charge in [0.25, 0.3) is 0 Å². The summed E-state index contributed by atoms with van der Waals surface area (Å²) in [6.07, 6.45) is 3.89. The predicted molar refractivity (Wildman–Crippen MR) is 99.5 cm³/mol. The molecule has 0 saturated heterocycles. The SMILES string of the molecule is CSC1=C(C#N)C(c2ccc(OC(F)F)cc2)C=C(c2ccccc2)N1. The average molecular weight is 370 g/mol. The molecule has 0 saturated carbocycles. The summed E-state index contributed by atoms with van der Waals surface area (Å²) < 4.78 is 29.1. The first-order chi connectivity index (χ1) is 12.6. The molecule has 1 unspecified atom stereocenters. The number of nitriles is 1. The van der Waals surface area contributed by atoms with Crippen LogP contribution in [0.1, 0.15) is 17.0 Å². The highest BCUT2D eigenvalue weighted by Crippen LogP contribution is 2.37. The molecule has 1 aliphatic rings. The fraction of sp³-hybridized carbons (Fsp3) is 0.150. The summed E-state index contributed by atoms with van der Waals surface area (Å²) in [5.41, 5.74) is 3.36. The van der Waals surface area contributed by atoms with Crippen LogP contribution in [0.4, 0.5) is 8.78 Å². The molecule has 2 aromatic rings. The summed E-state index contributed by atoms with van der Waals surface area (Å²) in [6, 6.07) is 18.5. The third-order valence-electron chi connectivity index (χ3n) is 4.01. The summed E-state index contributed by atoms with van der Waals surface area (Å²) in [7, 11) is 0. The van der Waals surface area contributed by atoms with Crippen LogP contribution in [-0.4, -0.2) is 12.9 Å². The van der Waals surface area contributed by atoms with Gasteiger partial charge in [-0.25, -0.2) is 0 Å². The number of nitrogens with one attached hydrogen (secondary N) is 1. The second kappa shape index (κ2) is 8.07. The third kappa shape index (κ3) is 3.89. The number of benzene rings is 2. The maximum absolute atomic E-state index is 12.3. The first kappa shape index (κ1) is 18.0. The van der Waals surface area contributed by atoms with Crippen molar-refractivity contribution in [1.29, 1.82) is 5.26 Å². The Morgan fingerprint density at radius 1 is 1.12 bits per heavy atom. The Balaban J connectivity index is 2.00. The molecular weight excluding hydrogens is 354 g/mol. The molecule has 26 heavy (non-hydrogen) atoms. The Hall–Kier alpha value is -2.78. The number of allylic oxidation sites excluding steroid dienone is 2. The van der Waals surface area contributed by atoms with Crippen LogP contribution < -0.4 is 10.1 Å². The van der Waals surface area contributed by atoms with Crippen LogP contribution >= 0.6 is 11.8 Å². The second-order valence-corrected chi connectivity index (χ2v) is 6.37. The third-order valence-corrected chi connectivity index (χ3v) is 4.74. The number of alkyl halides is 2. The topological polar surface area (TPSA) is 45.0 Å². The van der Waals surface area contributed by atoms with Gasteiger partial charge in [-0.15, -0.1) is 11.8 Å². The number of nitrogens with zero attached hydrogens (tertiary/aromatic N) is 1. The number of hydrogen-bond acceptors (Lipinski definition) is 4. The largest absolute Gasteiger partial charge is 0.435 e. The van der Waals surface area contributed by atoms with Gasteiger partial charge in [0.15, 0.2) is 0 Å². The van der Waals surface area contributed by atoms with Gasteiger partial charge >= 0.3 is 6.61 Å². The number of dihydropyridines is 1. The van der Waals surface area contributed by atoms with E-state index in [4.69, 9.17) is 0 Å². The van der Waals surface area contributed by atoms with E-state index in [0.29, 0.717) is 5.57 Å². The van der Waals surface area contributed by atoms with E-state index in [1.807, 2.05) is 42.7 Å². The molecule has 1 N–H and O–H groups in total. The van der Waals surface area contributed by atoms with Crippen LogP contribution in [0.5, 0.6) is 5.75 Å². The van der Waals surface area contributed by atoms with E-state index in [9.17, 15) is 14.0 Å². The minimum Gasteiger partial charge on any atom is -0.435 e. The van der Waals surface area contributed by atoms with E-state index in [-0.39, 0.29) is 11.7 Å². The molecule has 3 nitrogen and oxygen atoms in total. The Kier molecular flexibility index (Phi) is 5.59. The van der Waals surface area contributed by atoms with Gasteiger partial charge in [0.1, 0.15) is 5.75 Å². The fourth-order valence-corrected chi connectivity index (χ4v) is 3.41. The number of rotatable bonds is 5. The lowest BCUT2D eigenvalue weighted by atomic mass is 9.88. The molecule has 1 aliphatic heterocycles. The minimum absolute atomic E-state index is 0.0949. The van der Waals surface area contributed by atoms with Crippen molar-refractivity contribution in [2.45, 2.75) is 12.5 Å². The van der Waals surface area contributed by atoms with Gasteiger partial charge in [0.05, 0.1) is 16.7 Å². The Labute approximate surface area is 155 Å². The molecule has 0 aromatic heterocycles. The second-order valence-electron chi connectivity index (χ2n) is 5.56. The van der Waals surface area contributed by atoms with Crippen molar-refractivity contribution in [2.24, 2.45) is 0 Å². The smallest absolute Gasteiger partial charge is 0.387 e. The lowest BCUT2D eigenvalue weighted by Gasteiger charge is -2.25. The average Bonchev–Trinajstić information content (AvgIpc) is 2.67. The number of thioether (sulfide) groups is 1. The van der Waals surface area contributed by atoms with E-state index in [1.165, 1.54) is 23.9 Å². The van der Waals surface area contributed by atoms with Gasteiger partial charge in [-0.3, -0.25) is 0 Å². The van der Waals surface area contributed by atoms with E-state index in [2.05, 4.69) is 16.1 Å². The van der Waals surface area contributed by atoms with Crippen LogP contribution in [0, 0.1) is 11.3 Å². The summed E-state index contributed by atoms with van der Waals surface area (Å²) in [5.74, 6) is -0.169. The maximum atomic E-state index is 12.3. The van der Waals surface area contributed by atoms with Gasteiger partial charge in [-0.2, -0.15) is 14.0 Å². The molecule has 0 amide bonds. The zero-order chi connectivity index (χ0) is 18.5. The highest BCUT2D eigenvalue weighted by atomic mass is 32.2. The molecule has 132 valence electrons. The lowest BCUT2D eigenvalue weighted by Crippen LogP contribution is -2.20. The van der Waals surface area contributed by atoms with Gasteiger partial charge in [0, 0.05) is 11.6 Å². The van der Waals surface area contributed by atoms with Gasteiger partial charge in [-0.1, -0.05) is 42.5 Å². The van der Waals surface area contributed by atoms with Crippen LogP contribution in [-0.2, 0) is 0 Å². The number of hydrogen-bond donors (Lipinski definition) is 1. The van der Waals surface area contributed by atoms with Crippen LogP contribution in [0.2, 0.25) is 0 Å². The fourth-order valence-electron chi connectivity index (χ4n) is 2.81. The van der Waals surface area contributed by atoms with Crippen LogP contribution in [0.25, 0.3) is 5.70 Å².